The Kier molecular flexibility index (Phi) is 8.50. The van der Waals surface area contributed by atoms with Crippen LogP contribution < -0.4 is 20.9 Å². The minimum absolute atomic E-state index is 0.203. The predicted octanol–water partition coefficient (Wildman–Crippen LogP) is 2.82. The van der Waals surface area contributed by atoms with Gasteiger partial charge in [-0.3, -0.25) is 23.7 Å². The minimum atomic E-state index is -4.11. The number of rotatable bonds is 11. The summed E-state index contributed by atoms with van der Waals surface area (Å²) < 4.78 is 37.3. The number of methoxy groups -OCH3 is 1. The number of benzene rings is 1. The number of nitrogens with zero attached hydrogens (tertiary/aromatic N) is 1. The van der Waals surface area contributed by atoms with Crippen LogP contribution in [0.25, 0.3) is 0 Å². The van der Waals surface area contributed by atoms with Crippen molar-refractivity contribution in [1.82, 2.24) is 14.6 Å². The molecule has 0 saturated heterocycles. The van der Waals surface area contributed by atoms with E-state index in [-0.39, 0.29) is 25.2 Å². The molecule has 0 spiro atoms. The lowest BCUT2D eigenvalue weighted by molar-refractivity contribution is -0.148. The van der Waals surface area contributed by atoms with E-state index in [1.54, 1.807) is 63.3 Å². The lowest BCUT2D eigenvalue weighted by Gasteiger charge is -2.33. The molecule has 2 heterocycles. The van der Waals surface area contributed by atoms with Crippen molar-refractivity contribution in [3.63, 3.8) is 0 Å². The van der Waals surface area contributed by atoms with E-state index in [1.165, 1.54) is 17.9 Å². The van der Waals surface area contributed by atoms with Gasteiger partial charge in [0.15, 0.2) is 6.23 Å². The number of para-hydroxylation sites is 1. The fourth-order valence-corrected chi connectivity index (χ4v) is 5.43. The maximum Gasteiger partial charge on any atom is 0.459 e. The zero-order chi connectivity index (χ0) is 25.6. The number of aromatic amines is 1. The lowest BCUT2D eigenvalue weighted by Crippen LogP contribution is -2.51. The van der Waals surface area contributed by atoms with Crippen LogP contribution in [-0.2, 0) is 23.4 Å². The van der Waals surface area contributed by atoms with E-state index in [0.717, 1.165) is 0 Å². The first kappa shape index (κ1) is 26.6. The number of carbonyl (C=O) groups excluding carboxylic acids is 1. The standard InChI is InChI=1S/C23H30N3O8P/c1-5-23(6-2,21(28)31-4)25-35(30,34-17-10-8-7-9-11-17)32-15-18-12-13-19(33-18)26-14-16(3)20(27)24-22(26)29/h7-14,18-19H,5-6,15H2,1-4H3,(H,25,30)(H,24,27,29)/t18-,19+,35?/m0/s1. The van der Waals surface area contributed by atoms with Crippen LogP contribution in [0.2, 0.25) is 0 Å². The number of carbonyl (C=O) groups is 1. The van der Waals surface area contributed by atoms with E-state index in [9.17, 15) is 18.9 Å². The summed E-state index contributed by atoms with van der Waals surface area (Å²) in [5, 5.41) is 2.79. The first-order valence-electron chi connectivity index (χ1n) is 11.2. The van der Waals surface area contributed by atoms with Crippen molar-refractivity contribution in [3.8, 4) is 5.75 Å². The molecule has 0 bridgehead atoms. The number of hydrogen-bond acceptors (Lipinski definition) is 8. The molecule has 1 aliphatic rings. The second-order valence-electron chi connectivity index (χ2n) is 8.02. The average molecular weight is 507 g/mol. The Morgan fingerprint density at radius 1 is 1.20 bits per heavy atom. The normalized spacial score (nSPS) is 19.3. The Bertz CT molecular complexity index is 1220. The van der Waals surface area contributed by atoms with Crippen LogP contribution in [0.5, 0.6) is 5.75 Å². The van der Waals surface area contributed by atoms with Crippen molar-refractivity contribution in [2.75, 3.05) is 13.7 Å². The summed E-state index contributed by atoms with van der Waals surface area (Å²) in [4.78, 5) is 38.6. The molecule has 0 aliphatic carbocycles. The summed E-state index contributed by atoms with van der Waals surface area (Å²) in [5.41, 5.74) is -2.04. The van der Waals surface area contributed by atoms with Gasteiger partial charge in [0.05, 0.1) is 13.7 Å². The summed E-state index contributed by atoms with van der Waals surface area (Å²) in [5.74, 6) is -0.307. The van der Waals surface area contributed by atoms with Gasteiger partial charge in [-0.1, -0.05) is 38.1 Å². The molecule has 1 aromatic heterocycles. The molecule has 35 heavy (non-hydrogen) atoms. The van der Waals surface area contributed by atoms with E-state index in [1.807, 2.05) is 0 Å². The molecular weight excluding hydrogens is 477 g/mol. The zero-order valence-electron chi connectivity index (χ0n) is 20.1. The van der Waals surface area contributed by atoms with Crippen LogP contribution in [0, 0.1) is 6.92 Å². The fourth-order valence-electron chi connectivity index (χ4n) is 3.59. The van der Waals surface area contributed by atoms with Gasteiger partial charge in [0.2, 0.25) is 0 Å². The van der Waals surface area contributed by atoms with Crippen molar-refractivity contribution < 1.29 is 27.9 Å². The zero-order valence-corrected chi connectivity index (χ0v) is 20.9. The SMILES string of the molecule is CCC(CC)(NP(=O)(OC[C@@H]1C=C[C@H](n2cc(C)c(=O)[nH]c2=O)O1)Oc1ccccc1)C(=O)OC. The second-order valence-corrected chi connectivity index (χ2v) is 9.68. The van der Waals surface area contributed by atoms with Crippen LogP contribution in [0.1, 0.15) is 38.5 Å². The molecule has 1 aromatic carbocycles. The first-order valence-corrected chi connectivity index (χ1v) is 12.7. The molecule has 2 N–H and O–H groups in total. The fraction of sp³-hybridized carbons (Fsp3) is 0.435. The van der Waals surface area contributed by atoms with Gasteiger partial charge >= 0.3 is 19.4 Å². The molecule has 0 fully saturated rings. The average Bonchev–Trinajstić information content (AvgIpc) is 3.33. The summed E-state index contributed by atoms with van der Waals surface area (Å²) in [6.45, 7) is 4.90. The molecule has 1 unspecified atom stereocenters. The number of nitrogens with one attached hydrogen (secondary N) is 2. The number of H-pyrrole nitrogens is 1. The van der Waals surface area contributed by atoms with Crippen molar-refractivity contribution in [3.05, 3.63) is 75.1 Å². The molecule has 2 aromatic rings. The third-order valence-corrected chi connectivity index (χ3v) is 7.38. The second kappa shape index (κ2) is 11.2. The Labute approximate surface area is 202 Å². The molecule has 0 radical (unpaired) electrons. The topological polar surface area (TPSA) is 138 Å². The van der Waals surface area contributed by atoms with E-state index in [2.05, 4.69) is 10.1 Å². The highest BCUT2D eigenvalue weighted by Crippen LogP contribution is 2.48. The van der Waals surface area contributed by atoms with E-state index < -0.39 is 42.8 Å². The van der Waals surface area contributed by atoms with Gasteiger partial charge in [-0.2, -0.15) is 5.09 Å². The van der Waals surface area contributed by atoms with Crippen LogP contribution in [0.3, 0.4) is 0 Å². The largest absolute Gasteiger partial charge is 0.468 e. The molecule has 0 saturated carbocycles. The number of hydrogen-bond donors (Lipinski definition) is 2. The summed E-state index contributed by atoms with van der Waals surface area (Å²) >= 11 is 0. The first-order chi connectivity index (χ1) is 16.6. The number of esters is 1. The van der Waals surface area contributed by atoms with Crippen LogP contribution in [0.4, 0.5) is 0 Å². The van der Waals surface area contributed by atoms with Crippen molar-refractivity contribution in [1.29, 1.82) is 0 Å². The Balaban J connectivity index is 1.78. The highest BCUT2D eigenvalue weighted by Gasteiger charge is 2.45. The maximum absolute atomic E-state index is 13.8. The highest BCUT2D eigenvalue weighted by molar-refractivity contribution is 7.52. The van der Waals surface area contributed by atoms with Crippen molar-refractivity contribution in [2.45, 2.75) is 51.5 Å². The van der Waals surface area contributed by atoms with E-state index in [0.29, 0.717) is 5.56 Å². The van der Waals surface area contributed by atoms with Gasteiger partial charge < -0.3 is 14.0 Å². The van der Waals surface area contributed by atoms with Gasteiger partial charge in [-0.15, -0.1) is 0 Å². The quantitative estimate of drug-likeness (QED) is 0.267. The summed E-state index contributed by atoms with van der Waals surface area (Å²) in [6.07, 6.45) is 3.77. The molecule has 11 nitrogen and oxygen atoms in total. The third-order valence-electron chi connectivity index (χ3n) is 5.74. The summed E-state index contributed by atoms with van der Waals surface area (Å²) in [6, 6.07) is 8.43. The van der Waals surface area contributed by atoms with Gasteiger partial charge in [0.25, 0.3) is 5.56 Å². The molecule has 1 aliphatic heterocycles. The van der Waals surface area contributed by atoms with Gasteiger partial charge in [-0.25, -0.2) is 9.36 Å². The molecular formula is C23H30N3O8P. The lowest BCUT2D eigenvalue weighted by atomic mass is 9.95. The number of aryl methyl sites for hydroxylation is 1. The van der Waals surface area contributed by atoms with E-state index >= 15 is 0 Å². The minimum Gasteiger partial charge on any atom is -0.468 e. The Hall–Kier alpha value is -2.98. The highest BCUT2D eigenvalue weighted by atomic mass is 31.2. The molecule has 12 heteroatoms. The van der Waals surface area contributed by atoms with Crippen molar-refractivity contribution >= 4 is 13.7 Å². The molecule has 3 atom stereocenters. The summed E-state index contributed by atoms with van der Waals surface area (Å²) in [7, 11) is -2.86. The third kappa shape index (κ3) is 6.18. The van der Waals surface area contributed by atoms with Gasteiger partial charge in [-0.05, 0) is 38.0 Å². The smallest absolute Gasteiger partial charge is 0.459 e. The van der Waals surface area contributed by atoms with Crippen LogP contribution >= 0.6 is 7.75 Å². The Morgan fingerprint density at radius 2 is 1.89 bits per heavy atom. The van der Waals surface area contributed by atoms with Crippen LogP contribution in [-0.4, -0.2) is 40.9 Å². The Morgan fingerprint density at radius 3 is 2.51 bits per heavy atom. The van der Waals surface area contributed by atoms with Gasteiger partial charge in [0, 0.05) is 11.8 Å². The van der Waals surface area contributed by atoms with Crippen LogP contribution in [0.15, 0.2) is 58.3 Å². The number of ether oxygens (including phenoxy) is 2. The monoisotopic (exact) mass is 507 g/mol. The van der Waals surface area contributed by atoms with E-state index in [4.69, 9.17) is 18.5 Å². The van der Waals surface area contributed by atoms with Crippen molar-refractivity contribution in [2.24, 2.45) is 0 Å². The molecule has 0 amide bonds. The number of aromatic nitrogens is 2. The molecule has 190 valence electrons. The van der Waals surface area contributed by atoms with Gasteiger partial charge in [0.1, 0.15) is 17.4 Å². The predicted molar refractivity (Wildman–Crippen MR) is 128 cm³/mol. The molecule has 3 rings (SSSR count). The maximum atomic E-state index is 13.8.